The molecule has 3 N–H and O–H groups in total. The Balaban J connectivity index is 2.25. The largest absolute Gasteiger partial charge is 0.494 e. The molecule has 0 aliphatic heterocycles. The first-order valence-electron chi connectivity index (χ1n) is 5.62. The zero-order valence-electron chi connectivity index (χ0n) is 10.2. The minimum atomic E-state index is -4.45. The SMILES string of the molecule is COc1c(N)cccc1C(=O)NC1(C(F)(F)F)CC1. The molecule has 104 valence electrons. The summed E-state index contributed by atoms with van der Waals surface area (Å²) in [5, 5.41) is 2.03. The fourth-order valence-electron chi connectivity index (χ4n) is 1.85. The summed E-state index contributed by atoms with van der Waals surface area (Å²) in [7, 11) is 1.30. The van der Waals surface area contributed by atoms with Crippen LogP contribution in [0.25, 0.3) is 0 Å². The third kappa shape index (κ3) is 2.32. The van der Waals surface area contributed by atoms with E-state index >= 15 is 0 Å². The molecule has 0 saturated heterocycles. The van der Waals surface area contributed by atoms with E-state index in [1.807, 2.05) is 5.32 Å². The van der Waals surface area contributed by atoms with E-state index in [1.54, 1.807) is 0 Å². The van der Waals surface area contributed by atoms with Gasteiger partial charge in [0.25, 0.3) is 5.91 Å². The van der Waals surface area contributed by atoms with Crippen LogP contribution in [0, 0.1) is 0 Å². The number of rotatable bonds is 3. The minimum Gasteiger partial charge on any atom is -0.494 e. The van der Waals surface area contributed by atoms with E-state index < -0.39 is 17.6 Å². The van der Waals surface area contributed by atoms with Crippen molar-refractivity contribution in [1.29, 1.82) is 0 Å². The Bertz CT molecular complexity index is 510. The van der Waals surface area contributed by atoms with Gasteiger partial charge in [0, 0.05) is 0 Å². The predicted molar refractivity (Wildman–Crippen MR) is 62.9 cm³/mol. The van der Waals surface area contributed by atoms with E-state index in [0.717, 1.165) is 0 Å². The smallest absolute Gasteiger partial charge is 0.411 e. The number of carbonyl (C=O) groups excluding carboxylic acids is 1. The lowest BCUT2D eigenvalue weighted by molar-refractivity contribution is -0.163. The maximum atomic E-state index is 12.8. The van der Waals surface area contributed by atoms with E-state index in [9.17, 15) is 18.0 Å². The molecule has 1 saturated carbocycles. The van der Waals surface area contributed by atoms with Gasteiger partial charge >= 0.3 is 6.18 Å². The molecule has 1 aromatic rings. The lowest BCUT2D eigenvalue weighted by atomic mass is 10.1. The number of amides is 1. The topological polar surface area (TPSA) is 64.3 Å². The first-order chi connectivity index (χ1) is 8.81. The summed E-state index contributed by atoms with van der Waals surface area (Å²) < 4.78 is 43.2. The molecule has 1 amide bonds. The van der Waals surface area contributed by atoms with Crippen molar-refractivity contribution in [3.63, 3.8) is 0 Å². The molecule has 0 spiro atoms. The Morgan fingerprint density at radius 2 is 2.05 bits per heavy atom. The predicted octanol–water partition coefficient (Wildman–Crippen LogP) is 2.10. The monoisotopic (exact) mass is 274 g/mol. The van der Waals surface area contributed by atoms with E-state index in [-0.39, 0.29) is 29.8 Å². The number of benzene rings is 1. The molecule has 0 aromatic heterocycles. The number of para-hydroxylation sites is 1. The first-order valence-corrected chi connectivity index (χ1v) is 5.62. The number of nitrogens with one attached hydrogen (secondary N) is 1. The van der Waals surface area contributed by atoms with Crippen LogP contribution >= 0.6 is 0 Å². The van der Waals surface area contributed by atoms with Gasteiger partial charge < -0.3 is 15.8 Å². The molecule has 0 radical (unpaired) electrons. The normalized spacial score (nSPS) is 16.8. The van der Waals surface area contributed by atoms with E-state index in [1.165, 1.54) is 25.3 Å². The van der Waals surface area contributed by atoms with Crippen LogP contribution in [0.15, 0.2) is 18.2 Å². The van der Waals surface area contributed by atoms with Crippen molar-refractivity contribution in [3.8, 4) is 5.75 Å². The Hall–Kier alpha value is -1.92. The number of hydrogen-bond acceptors (Lipinski definition) is 3. The van der Waals surface area contributed by atoms with Crippen LogP contribution in [-0.4, -0.2) is 24.7 Å². The molecule has 0 heterocycles. The molecule has 1 aliphatic rings. The van der Waals surface area contributed by atoms with Gasteiger partial charge in [0.1, 0.15) is 5.54 Å². The summed E-state index contributed by atoms with van der Waals surface area (Å²) in [5.74, 6) is -0.753. The van der Waals surface area contributed by atoms with Gasteiger partial charge in [0.05, 0.1) is 18.4 Å². The van der Waals surface area contributed by atoms with E-state index in [2.05, 4.69) is 0 Å². The van der Waals surface area contributed by atoms with Crippen LogP contribution in [0.5, 0.6) is 5.75 Å². The van der Waals surface area contributed by atoms with Crippen LogP contribution in [0.2, 0.25) is 0 Å². The number of hydrogen-bond donors (Lipinski definition) is 2. The third-order valence-electron chi connectivity index (χ3n) is 3.14. The lowest BCUT2D eigenvalue weighted by Crippen LogP contribution is -2.47. The fourth-order valence-corrected chi connectivity index (χ4v) is 1.85. The molecule has 1 aromatic carbocycles. The number of alkyl halides is 3. The van der Waals surface area contributed by atoms with E-state index in [4.69, 9.17) is 10.5 Å². The highest BCUT2D eigenvalue weighted by Crippen LogP contribution is 2.49. The van der Waals surface area contributed by atoms with Crippen molar-refractivity contribution in [2.24, 2.45) is 0 Å². The second kappa shape index (κ2) is 4.32. The highest BCUT2D eigenvalue weighted by Gasteiger charge is 2.64. The molecular formula is C12H13F3N2O2. The number of methoxy groups -OCH3 is 1. The van der Waals surface area contributed by atoms with Crippen molar-refractivity contribution in [3.05, 3.63) is 23.8 Å². The highest BCUT2D eigenvalue weighted by molar-refractivity contribution is 5.99. The molecule has 1 aliphatic carbocycles. The zero-order valence-corrected chi connectivity index (χ0v) is 10.2. The number of nitrogens with two attached hydrogens (primary N) is 1. The van der Waals surface area contributed by atoms with Gasteiger partial charge in [-0.15, -0.1) is 0 Å². The third-order valence-corrected chi connectivity index (χ3v) is 3.14. The maximum Gasteiger partial charge on any atom is 0.411 e. The number of ether oxygens (including phenoxy) is 1. The average molecular weight is 274 g/mol. The van der Waals surface area contributed by atoms with Gasteiger partial charge in [0.2, 0.25) is 0 Å². The number of anilines is 1. The lowest BCUT2D eigenvalue weighted by Gasteiger charge is -2.21. The molecule has 19 heavy (non-hydrogen) atoms. The maximum absolute atomic E-state index is 12.8. The molecule has 7 heteroatoms. The summed E-state index contributed by atoms with van der Waals surface area (Å²) >= 11 is 0. The summed E-state index contributed by atoms with van der Waals surface area (Å²) in [6.45, 7) is 0. The summed E-state index contributed by atoms with van der Waals surface area (Å²) in [6.07, 6.45) is -4.66. The number of halogens is 3. The average Bonchev–Trinajstić information content (AvgIpc) is 3.09. The Morgan fingerprint density at radius 1 is 1.42 bits per heavy atom. The molecule has 0 unspecified atom stereocenters. The van der Waals surface area contributed by atoms with Crippen molar-refractivity contribution in [1.82, 2.24) is 5.32 Å². The molecule has 4 nitrogen and oxygen atoms in total. The molecule has 0 bridgehead atoms. The summed E-state index contributed by atoms with van der Waals surface area (Å²) in [4.78, 5) is 11.9. The van der Waals surface area contributed by atoms with Gasteiger partial charge in [0.15, 0.2) is 5.75 Å². The standard InChI is InChI=1S/C12H13F3N2O2/c1-19-9-7(3-2-4-8(9)16)10(18)17-11(5-6-11)12(13,14)15/h2-4H,5-6,16H2,1H3,(H,17,18). The molecule has 2 rings (SSSR count). The molecule has 0 atom stereocenters. The van der Waals surface area contributed by atoms with Gasteiger partial charge in [-0.25, -0.2) is 0 Å². The van der Waals surface area contributed by atoms with Crippen LogP contribution in [0.1, 0.15) is 23.2 Å². The fraction of sp³-hybridized carbons (Fsp3) is 0.417. The van der Waals surface area contributed by atoms with Crippen LogP contribution < -0.4 is 15.8 Å². The van der Waals surface area contributed by atoms with Gasteiger partial charge in [-0.1, -0.05) is 6.07 Å². The van der Waals surface area contributed by atoms with Crippen LogP contribution in [0.4, 0.5) is 18.9 Å². The number of carbonyl (C=O) groups is 1. The van der Waals surface area contributed by atoms with Crippen molar-refractivity contribution < 1.29 is 22.7 Å². The van der Waals surface area contributed by atoms with Gasteiger partial charge in [-0.3, -0.25) is 4.79 Å². The quantitative estimate of drug-likeness (QED) is 0.830. The van der Waals surface area contributed by atoms with Crippen molar-refractivity contribution in [2.75, 3.05) is 12.8 Å². The van der Waals surface area contributed by atoms with Crippen LogP contribution in [-0.2, 0) is 0 Å². The van der Waals surface area contributed by atoms with Crippen molar-refractivity contribution in [2.45, 2.75) is 24.6 Å². The van der Waals surface area contributed by atoms with E-state index in [0.29, 0.717) is 0 Å². The first kappa shape index (κ1) is 13.5. The second-order valence-electron chi connectivity index (χ2n) is 4.46. The molecule has 1 fully saturated rings. The number of nitrogen functional groups attached to an aromatic ring is 1. The second-order valence-corrected chi connectivity index (χ2v) is 4.46. The summed E-state index contributed by atoms with van der Waals surface area (Å²) in [5.41, 5.74) is 3.71. The van der Waals surface area contributed by atoms with Crippen LogP contribution in [0.3, 0.4) is 0 Å². The van der Waals surface area contributed by atoms with Crippen molar-refractivity contribution >= 4 is 11.6 Å². The minimum absolute atomic E-state index is 0.00183. The Kier molecular flexibility index (Phi) is 3.07. The zero-order chi connectivity index (χ0) is 14.3. The highest BCUT2D eigenvalue weighted by atomic mass is 19.4. The Labute approximate surface area is 107 Å². The van der Waals surface area contributed by atoms with Gasteiger partial charge in [-0.05, 0) is 25.0 Å². The summed E-state index contributed by atoms with van der Waals surface area (Å²) in [6, 6.07) is 4.36. The molecular weight excluding hydrogens is 261 g/mol. The Morgan fingerprint density at radius 3 is 2.53 bits per heavy atom. The van der Waals surface area contributed by atoms with Gasteiger partial charge in [-0.2, -0.15) is 13.2 Å².